The Hall–Kier alpha value is -2.02. The van der Waals surface area contributed by atoms with Crippen LogP contribution in [-0.4, -0.2) is 32.4 Å². The SMILES string of the molecule is CCCNC(=O)c1cnn(-c2ccc(=S)[nH]n2)c1C. The number of hydrogen-bond acceptors (Lipinski definition) is 4. The Bertz CT molecular complexity index is 625. The monoisotopic (exact) mass is 277 g/mol. The average molecular weight is 277 g/mol. The summed E-state index contributed by atoms with van der Waals surface area (Å²) in [6.07, 6.45) is 2.44. The van der Waals surface area contributed by atoms with Crippen molar-refractivity contribution in [3.63, 3.8) is 0 Å². The summed E-state index contributed by atoms with van der Waals surface area (Å²) in [5.41, 5.74) is 1.30. The first kappa shape index (κ1) is 13.4. The van der Waals surface area contributed by atoms with Gasteiger partial charge < -0.3 is 5.32 Å². The van der Waals surface area contributed by atoms with Crippen LogP contribution in [0.2, 0.25) is 0 Å². The van der Waals surface area contributed by atoms with Crippen molar-refractivity contribution in [2.24, 2.45) is 0 Å². The maximum Gasteiger partial charge on any atom is 0.254 e. The Kier molecular flexibility index (Phi) is 4.06. The van der Waals surface area contributed by atoms with E-state index in [2.05, 4.69) is 20.6 Å². The number of aromatic nitrogens is 4. The lowest BCUT2D eigenvalue weighted by molar-refractivity contribution is 0.0953. The third-order valence-corrected chi connectivity index (χ3v) is 2.90. The predicted molar refractivity (Wildman–Crippen MR) is 73.9 cm³/mol. The maximum absolute atomic E-state index is 11.9. The minimum atomic E-state index is -0.116. The molecule has 0 saturated carbocycles. The van der Waals surface area contributed by atoms with Crippen LogP contribution in [0.3, 0.4) is 0 Å². The quantitative estimate of drug-likeness (QED) is 0.835. The van der Waals surface area contributed by atoms with Crippen LogP contribution in [0.5, 0.6) is 0 Å². The van der Waals surface area contributed by atoms with Crippen LogP contribution in [-0.2, 0) is 0 Å². The van der Waals surface area contributed by atoms with Gasteiger partial charge in [0.15, 0.2) is 5.82 Å². The number of H-pyrrole nitrogens is 1. The highest BCUT2D eigenvalue weighted by Crippen LogP contribution is 2.11. The molecular weight excluding hydrogens is 262 g/mol. The Morgan fingerprint density at radius 1 is 1.53 bits per heavy atom. The topological polar surface area (TPSA) is 75.6 Å². The zero-order chi connectivity index (χ0) is 13.8. The molecule has 2 aromatic rings. The first-order chi connectivity index (χ1) is 9.13. The van der Waals surface area contributed by atoms with Crippen molar-refractivity contribution in [3.8, 4) is 5.82 Å². The van der Waals surface area contributed by atoms with Crippen molar-refractivity contribution in [1.29, 1.82) is 0 Å². The highest BCUT2D eigenvalue weighted by atomic mass is 32.1. The van der Waals surface area contributed by atoms with Gasteiger partial charge in [0, 0.05) is 6.54 Å². The second-order valence-electron chi connectivity index (χ2n) is 4.09. The van der Waals surface area contributed by atoms with Gasteiger partial charge in [0.1, 0.15) is 4.64 Å². The second-order valence-corrected chi connectivity index (χ2v) is 4.53. The molecule has 0 aliphatic carbocycles. The Balaban J connectivity index is 2.30. The molecule has 1 amide bonds. The van der Waals surface area contributed by atoms with Gasteiger partial charge in [-0.25, -0.2) is 4.68 Å². The number of amides is 1. The Morgan fingerprint density at radius 3 is 2.95 bits per heavy atom. The molecule has 0 aliphatic rings. The summed E-state index contributed by atoms with van der Waals surface area (Å²) in [5.74, 6) is 0.482. The van der Waals surface area contributed by atoms with Crippen molar-refractivity contribution in [2.75, 3.05) is 6.54 Å². The number of hydrogen-bond donors (Lipinski definition) is 2. The van der Waals surface area contributed by atoms with E-state index in [-0.39, 0.29) is 5.91 Å². The molecule has 0 fully saturated rings. The minimum absolute atomic E-state index is 0.116. The number of carbonyl (C=O) groups excluding carboxylic acids is 1. The van der Waals surface area contributed by atoms with E-state index in [1.807, 2.05) is 13.8 Å². The van der Waals surface area contributed by atoms with Crippen LogP contribution in [0, 0.1) is 11.6 Å². The number of carbonyl (C=O) groups is 1. The zero-order valence-corrected chi connectivity index (χ0v) is 11.6. The molecule has 0 aromatic carbocycles. The highest BCUT2D eigenvalue weighted by molar-refractivity contribution is 7.71. The first-order valence-corrected chi connectivity index (χ1v) is 6.43. The lowest BCUT2D eigenvalue weighted by atomic mass is 10.2. The molecule has 100 valence electrons. The van der Waals surface area contributed by atoms with E-state index < -0.39 is 0 Å². The fraction of sp³-hybridized carbons (Fsp3) is 0.333. The van der Waals surface area contributed by atoms with E-state index in [0.29, 0.717) is 22.6 Å². The smallest absolute Gasteiger partial charge is 0.254 e. The van der Waals surface area contributed by atoms with Gasteiger partial charge >= 0.3 is 0 Å². The summed E-state index contributed by atoms with van der Waals surface area (Å²) >= 11 is 4.94. The average Bonchev–Trinajstić information content (AvgIpc) is 2.79. The molecule has 0 atom stereocenters. The van der Waals surface area contributed by atoms with Gasteiger partial charge in [-0.3, -0.25) is 9.89 Å². The van der Waals surface area contributed by atoms with E-state index in [0.717, 1.165) is 12.1 Å². The Labute approximate surface area is 115 Å². The molecule has 0 aliphatic heterocycles. The lowest BCUT2D eigenvalue weighted by Gasteiger charge is -2.04. The maximum atomic E-state index is 11.9. The number of nitrogens with zero attached hydrogens (tertiary/aromatic N) is 3. The molecule has 2 N–H and O–H groups in total. The van der Waals surface area contributed by atoms with Gasteiger partial charge in [0.25, 0.3) is 5.91 Å². The molecular formula is C12H15N5OS. The molecule has 0 bridgehead atoms. The van der Waals surface area contributed by atoms with Crippen LogP contribution in [0.1, 0.15) is 29.4 Å². The normalized spacial score (nSPS) is 10.4. The van der Waals surface area contributed by atoms with Gasteiger partial charge in [-0.1, -0.05) is 19.1 Å². The van der Waals surface area contributed by atoms with Crippen LogP contribution < -0.4 is 5.32 Å². The van der Waals surface area contributed by atoms with Gasteiger partial charge in [-0.05, 0) is 25.5 Å². The van der Waals surface area contributed by atoms with Crippen LogP contribution in [0.4, 0.5) is 0 Å². The van der Waals surface area contributed by atoms with Crippen molar-refractivity contribution in [1.82, 2.24) is 25.3 Å². The molecule has 2 heterocycles. The Morgan fingerprint density at radius 2 is 2.32 bits per heavy atom. The lowest BCUT2D eigenvalue weighted by Crippen LogP contribution is -2.24. The van der Waals surface area contributed by atoms with Crippen molar-refractivity contribution in [2.45, 2.75) is 20.3 Å². The summed E-state index contributed by atoms with van der Waals surface area (Å²) < 4.78 is 2.15. The summed E-state index contributed by atoms with van der Waals surface area (Å²) in [6, 6.07) is 3.49. The molecule has 6 nitrogen and oxygen atoms in total. The predicted octanol–water partition coefficient (Wildman–Crippen LogP) is 1.77. The minimum Gasteiger partial charge on any atom is -0.352 e. The molecule has 0 saturated heterocycles. The zero-order valence-electron chi connectivity index (χ0n) is 10.8. The number of rotatable bonds is 4. The number of aromatic amines is 1. The van der Waals surface area contributed by atoms with Crippen LogP contribution in [0.15, 0.2) is 18.3 Å². The second kappa shape index (κ2) is 5.75. The third-order valence-electron chi connectivity index (χ3n) is 2.67. The van der Waals surface area contributed by atoms with Gasteiger partial charge in [0.2, 0.25) is 0 Å². The molecule has 7 heteroatoms. The van der Waals surface area contributed by atoms with Crippen LogP contribution >= 0.6 is 12.2 Å². The van der Waals surface area contributed by atoms with Crippen molar-refractivity contribution < 1.29 is 4.79 Å². The van der Waals surface area contributed by atoms with Crippen molar-refractivity contribution in [3.05, 3.63) is 34.2 Å². The van der Waals surface area contributed by atoms with Gasteiger partial charge in [0.05, 0.1) is 17.5 Å². The third kappa shape index (κ3) is 2.87. The first-order valence-electron chi connectivity index (χ1n) is 6.02. The van der Waals surface area contributed by atoms with Gasteiger partial charge in [-0.2, -0.15) is 10.2 Å². The molecule has 0 unspecified atom stereocenters. The van der Waals surface area contributed by atoms with E-state index in [1.54, 1.807) is 23.0 Å². The summed E-state index contributed by atoms with van der Waals surface area (Å²) in [7, 11) is 0. The molecule has 2 aromatic heterocycles. The fourth-order valence-electron chi connectivity index (χ4n) is 1.65. The largest absolute Gasteiger partial charge is 0.352 e. The standard InChI is InChI=1S/C12H15N5OS/c1-3-6-13-12(18)9-7-14-17(8(9)2)10-4-5-11(19)16-15-10/h4-5,7H,3,6H2,1-2H3,(H,13,18)(H,16,19). The highest BCUT2D eigenvalue weighted by Gasteiger charge is 2.14. The number of nitrogens with one attached hydrogen (secondary N) is 2. The van der Waals surface area contributed by atoms with Crippen LogP contribution in [0.25, 0.3) is 5.82 Å². The van der Waals surface area contributed by atoms with E-state index >= 15 is 0 Å². The van der Waals surface area contributed by atoms with E-state index in [9.17, 15) is 4.79 Å². The molecule has 2 rings (SSSR count). The fourth-order valence-corrected chi connectivity index (χ4v) is 1.77. The molecule has 0 radical (unpaired) electrons. The summed E-state index contributed by atoms with van der Waals surface area (Å²) in [5, 5.41) is 13.8. The summed E-state index contributed by atoms with van der Waals surface area (Å²) in [4.78, 5) is 11.9. The molecule has 0 spiro atoms. The van der Waals surface area contributed by atoms with E-state index in [1.165, 1.54) is 0 Å². The van der Waals surface area contributed by atoms with E-state index in [4.69, 9.17) is 12.2 Å². The summed E-state index contributed by atoms with van der Waals surface area (Å²) in [6.45, 7) is 4.49. The van der Waals surface area contributed by atoms with Gasteiger partial charge in [-0.15, -0.1) is 0 Å². The molecule has 19 heavy (non-hydrogen) atoms. The van der Waals surface area contributed by atoms with Crippen molar-refractivity contribution >= 4 is 18.1 Å².